The first-order chi connectivity index (χ1) is 15.5. The summed E-state index contributed by atoms with van der Waals surface area (Å²) in [4.78, 5) is 5.14. The molecule has 2 aromatic carbocycles. The van der Waals surface area contributed by atoms with Gasteiger partial charge in [-0.3, -0.25) is 4.90 Å². The fourth-order valence-electron chi connectivity index (χ4n) is 4.71. The minimum Gasteiger partial charge on any atom is -0.369 e. The number of piperidine rings is 1. The van der Waals surface area contributed by atoms with Gasteiger partial charge in [0.1, 0.15) is 5.82 Å². The molecule has 1 N–H and O–H groups in total. The van der Waals surface area contributed by atoms with Gasteiger partial charge in [-0.2, -0.15) is 4.31 Å². The monoisotopic (exact) mass is 460 g/mol. The molecule has 0 aliphatic carbocycles. The highest BCUT2D eigenvalue weighted by molar-refractivity contribution is 7.89. The van der Waals surface area contributed by atoms with E-state index in [0.29, 0.717) is 19.0 Å². The number of rotatable bonds is 7. The van der Waals surface area contributed by atoms with E-state index in [1.165, 1.54) is 35.5 Å². The van der Waals surface area contributed by atoms with Crippen LogP contribution >= 0.6 is 0 Å². The first kappa shape index (κ1) is 23.2. The highest BCUT2D eigenvalue weighted by Gasteiger charge is 2.30. The lowest BCUT2D eigenvalue weighted by Crippen LogP contribution is -2.49. The van der Waals surface area contributed by atoms with Gasteiger partial charge in [-0.1, -0.05) is 12.1 Å². The van der Waals surface area contributed by atoms with E-state index < -0.39 is 15.8 Å². The minimum absolute atomic E-state index is 0.173. The maximum absolute atomic E-state index is 13.1. The van der Waals surface area contributed by atoms with Gasteiger partial charge in [0, 0.05) is 58.0 Å². The zero-order valence-corrected chi connectivity index (χ0v) is 19.5. The topological polar surface area (TPSA) is 55.9 Å². The molecule has 6 nitrogen and oxygen atoms in total. The predicted molar refractivity (Wildman–Crippen MR) is 126 cm³/mol. The van der Waals surface area contributed by atoms with Gasteiger partial charge in [0.05, 0.1) is 4.90 Å². The lowest BCUT2D eigenvalue weighted by molar-refractivity contribution is 0.176. The SMILES string of the molecule is CNCc1cccc(N2CCN(CC3CCN(S(=O)(=O)c4ccc(F)cc4)CC3)CC2)c1. The summed E-state index contributed by atoms with van der Waals surface area (Å²) in [5, 5.41) is 3.21. The van der Waals surface area contributed by atoms with E-state index >= 15 is 0 Å². The van der Waals surface area contributed by atoms with Crippen LogP contribution < -0.4 is 10.2 Å². The lowest BCUT2D eigenvalue weighted by atomic mass is 9.97. The fraction of sp³-hybridized carbons (Fsp3) is 0.500. The standard InChI is InChI=1S/C24H33FN4O2S/c1-26-18-21-3-2-4-23(17-21)28-15-13-27(14-16-28)19-20-9-11-29(12-10-20)32(30,31)24-7-5-22(25)6-8-24/h2-8,17,20,26H,9-16,18-19H2,1H3. The van der Waals surface area contributed by atoms with Crippen LogP contribution in [0.4, 0.5) is 10.1 Å². The smallest absolute Gasteiger partial charge is 0.243 e. The Kier molecular flexibility index (Phi) is 7.45. The molecule has 4 rings (SSSR count). The second-order valence-corrected chi connectivity index (χ2v) is 10.7. The third-order valence-electron chi connectivity index (χ3n) is 6.57. The summed E-state index contributed by atoms with van der Waals surface area (Å²) in [5.41, 5.74) is 2.59. The quantitative estimate of drug-likeness (QED) is 0.689. The number of halogens is 1. The number of anilines is 1. The molecule has 0 radical (unpaired) electrons. The Morgan fingerprint density at radius 2 is 1.66 bits per heavy atom. The van der Waals surface area contributed by atoms with Crippen molar-refractivity contribution < 1.29 is 12.8 Å². The molecule has 0 bridgehead atoms. The second kappa shape index (κ2) is 10.3. The van der Waals surface area contributed by atoms with E-state index in [2.05, 4.69) is 39.4 Å². The highest BCUT2D eigenvalue weighted by atomic mass is 32.2. The largest absolute Gasteiger partial charge is 0.369 e. The maximum Gasteiger partial charge on any atom is 0.243 e. The molecule has 0 saturated carbocycles. The summed E-state index contributed by atoms with van der Waals surface area (Å²) in [5.74, 6) is 0.0913. The molecule has 2 aliphatic heterocycles. The van der Waals surface area contributed by atoms with Gasteiger partial charge < -0.3 is 10.2 Å². The van der Waals surface area contributed by atoms with E-state index in [-0.39, 0.29) is 4.90 Å². The number of sulfonamides is 1. The van der Waals surface area contributed by atoms with E-state index in [4.69, 9.17) is 0 Å². The van der Waals surface area contributed by atoms with E-state index in [1.54, 1.807) is 4.31 Å². The third kappa shape index (κ3) is 5.49. The Bertz CT molecular complexity index is 983. The Morgan fingerprint density at radius 3 is 2.31 bits per heavy atom. The summed E-state index contributed by atoms with van der Waals surface area (Å²) in [7, 11) is -1.57. The van der Waals surface area contributed by atoms with Gasteiger partial charge >= 0.3 is 0 Å². The molecular weight excluding hydrogens is 427 g/mol. The van der Waals surface area contributed by atoms with Gasteiger partial charge in [-0.15, -0.1) is 0 Å². The summed E-state index contributed by atoms with van der Waals surface area (Å²) in [6.07, 6.45) is 1.74. The van der Waals surface area contributed by atoms with Crippen LogP contribution in [0.2, 0.25) is 0 Å². The summed E-state index contributed by atoms with van der Waals surface area (Å²) in [6.45, 7) is 7.06. The van der Waals surface area contributed by atoms with Crippen LogP contribution in [0, 0.1) is 11.7 Å². The van der Waals surface area contributed by atoms with Gasteiger partial charge in [0.2, 0.25) is 10.0 Å². The molecule has 2 aliphatic rings. The van der Waals surface area contributed by atoms with Gasteiger partial charge in [-0.25, -0.2) is 12.8 Å². The van der Waals surface area contributed by atoms with Crippen molar-refractivity contribution in [1.82, 2.24) is 14.5 Å². The third-order valence-corrected chi connectivity index (χ3v) is 8.48. The van der Waals surface area contributed by atoms with Gasteiger partial charge in [0.25, 0.3) is 0 Å². The first-order valence-corrected chi connectivity index (χ1v) is 12.9. The molecule has 2 fully saturated rings. The van der Waals surface area contributed by atoms with Crippen molar-refractivity contribution in [3.63, 3.8) is 0 Å². The van der Waals surface area contributed by atoms with E-state index in [0.717, 1.165) is 52.1 Å². The normalized spacial score (nSPS) is 19.4. The molecule has 2 saturated heterocycles. The average molecular weight is 461 g/mol. The van der Waals surface area contributed by atoms with Crippen LogP contribution in [0.25, 0.3) is 0 Å². The molecule has 0 aromatic heterocycles. The van der Waals surface area contributed by atoms with Crippen LogP contribution in [-0.4, -0.2) is 70.5 Å². The predicted octanol–water partition coefficient (Wildman–Crippen LogP) is 2.77. The Hall–Kier alpha value is -2.00. The molecule has 8 heteroatoms. The first-order valence-electron chi connectivity index (χ1n) is 11.4. The lowest BCUT2D eigenvalue weighted by Gasteiger charge is -2.39. The number of hydrogen-bond donors (Lipinski definition) is 1. The van der Waals surface area contributed by atoms with Crippen LogP contribution in [0.3, 0.4) is 0 Å². The van der Waals surface area contributed by atoms with E-state index in [1.807, 2.05) is 7.05 Å². The van der Waals surface area contributed by atoms with E-state index in [9.17, 15) is 12.8 Å². The average Bonchev–Trinajstić information content (AvgIpc) is 2.81. The fourth-order valence-corrected chi connectivity index (χ4v) is 6.18. The molecule has 0 spiro atoms. The minimum atomic E-state index is -3.54. The van der Waals surface area contributed by atoms with Crippen LogP contribution in [0.5, 0.6) is 0 Å². The summed E-state index contributed by atoms with van der Waals surface area (Å²) < 4.78 is 40.3. The van der Waals surface area contributed by atoms with Crippen molar-refractivity contribution in [3.8, 4) is 0 Å². The Morgan fingerprint density at radius 1 is 0.969 bits per heavy atom. The van der Waals surface area contributed by atoms with Crippen molar-refractivity contribution in [2.75, 3.05) is 57.8 Å². The van der Waals surface area contributed by atoms with Crippen molar-refractivity contribution in [2.24, 2.45) is 5.92 Å². The van der Waals surface area contributed by atoms with Crippen molar-refractivity contribution in [1.29, 1.82) is 0 Å². The Balaban J connectivity index is 1.25. The molecular formula is C24H33FN4O2S. The Labute approximate surface area is 191 Å². The van der Waals surface area contributed by atoms with Crippen molar-refractivity contribution >= 4 is 15.7 Å². The second-order valence-electron chi connectivity index (χ2n) is 8.79. The molecule has 174 valence electrons. The molecule has 2 heterocycles. The summed E-state index contributed by atoms with van der Waals surface area (Å²) >= 11 is 0. The molecule has 0 unspecified atom stereocenters. The molecule has 2 aromatic rings. The van der Waals surface area contributed by atoms with Crippen LogP contribution in [-0.2, 0) is 16.6 Å². The zero-order valence-electron chi connectivity index (χ0n) is 18.7. The molecule has 32 heavy (non-hydrogen) atoms. The van der Waals surface area contributed by atoms with Gasteiger partial charge in [0.15, 0.2) is 0 Å². The number of piperazine rings is 1. The molecule has 0 atom stereocenters. The highest BCUT2D eigenvalue weighted by Crippen LogP contribution is 2.25. The van der Waals surface area contributed by atoms with Crippen LogP contribution in [0.1, 0.15) is 18.4 Å². The van der Waals surface area contributed by atoms with Crippen LogP contribution in [0.15, 0.2) is 53.4 Å². The number of benzene rings is 2. The number of hydrogen-bond acceptors (Lipinski definition) is 5. The zero-order chi connectivity index (χ0) is 22.6. The maximum atomic E-state index is 13.1. The molecule has 0 amide bonds. The van der Waals surface area contributed by atoms with Crippen molar-refractivity contribution in [3.05, 3.63) is 59.9 Å². The number of nitrogens with zero attached hydrogens (tertiary/aromatic N) is 3. The van der Waals surface area contributed by atoms with Gasteiger partial charge in [-0.05, 0) is 67.8 Å². The number of nitrogens with one attached hydrogen (secondary N) is 1. The van der Waals surface area contributed by atoms with Crippen molar-refractivity contribution in [2.45, 2.75) is 24.3 Å². The summed E-state index contributed by atoms with van der Waals surface area (Å²) in [6, 6.07) is 13.8.